The Balaban J connectivity index is 2.09. The highest BCUT2D eigenvalue weighted by Gasteiger charge is 2.33. The van der Waals surface area contributed by atoms with Crippen molar-refractivity contribution in [2.45, 2.75) is 19.2 Å². The number of alkyl halides is 8. The first-order valence-corrected chi connectivity index (χ1v) is 8.56. The molecular weight excluding hydrogens is 436 g/mol. The van der Waals surface area contributed by atoms with E-state index in [1.807, 2.05) is 0 Å². The summed E-state index contributed by atoms with van der Waals surface area (Å²) in [5.41, 5.74) is -0.540. The second-order valence-electron chi connectivity index (χ2n) is 6.21. The maximum Gasteiger partial charge on any atom is 0.573 e. The van der Waals surface area contributed by atoms with Crippen LogP contribution in [0.1, 0.15) is 5.56 Å². The third kappa shape index (κ3) is 5.65. The van der Waals surface area contributed by atoms with Crippen LogP contribution in [0.5, 0.6) is 11.5 Å². The maximum atomic E-state index is 12.8. The molecule has 0 unspecified atom stereocenters. The summed E-state index contributed by atoms with van der Waals surface area (Å²) in [5.74, 6) is -1.32. The molecule has 31 heavy (non-hydrogen) atoms. The van der Waals surface area contributed by atoms with Gasteiger partial charge in [0, 0.05) is 0 Å². The molecule has 0 aliphatic heterocycles. The summed E-state index contributed by atoms with van der Waals surface area (Å²) in [7, 11) is 0. The molecule has 0 aliphatic carbocycles. The predicted molar refractivity (Wildman–Crippen MR) is 95.6 cm³/mol. The zero-order chi connectivity index (χ0) is 22.8. The Morgan fingerprint density at radius 1 is 0.645 bits per heavy atom. The highest BCUT2D eigenvalue weighted by Crippen LogP contribution is 2.42. The summed E-state index contributed by atoms with van der Waals surface area (Å²) < 4.78 is 111. The summed E-state index contributed by atoms with van der Waals surface area (Å²) in [6.45, 7) is -3.31. The van der Waals surface area contributed by atoms with Gasteiger partial charge in [0.1, 0.15) is 11.5 Å². The van der Waals surface area contributed by atoms with E-state index < -0.39 is 36.2 Å². The molecule has 0 saturated heterocycles. The predicted octanol–water partition coefficient (Wildman–Crippen LogP) is 7.54. The van der Waals surface area contributed by atoms with Crippen molar-refractivity contribution in [3.63, 3.8) is 0 Å². The lowest BCUT2D eigenvalue weighted by atomic mass is 9.97. The third-order valence-corrected chi connectivity index (χ3v) is 4.13. The van der Waals surface area contributed by atoms with E-state index in [0.29, 0.717) is 11.1 Å². The Labute approximate surface area is 170 Å². The molecule has 0 atom stereocenters. The minimum Gasteiger partial charge on any atom is -0.434 e. The second-order valence-corrected chi connectivity index (χ2v) is 6.21. The van der Waals surface area contributed by atoms with Gasteiger partial charge in [-0.05, 0) is 47.0 Å². The van der Waals surface area contributed by atoms with E-state index >= 15 is 0 Å². The Bertz CT molecular complexity index is 1040. The molecule has 0 radical (unpaired) electrons. The van der Waals surface area contributed by atoms with Crippen LogP contribution in [-0.2, 0) is 6.18 Å². The van der Waals surface area contributed by atoms with Crippen molar-refractivity contribution in [2.75, 3.05) is 0 Å². The number of halogens is 8. The lowest BCUT2D eigenvalue weighted by Crippen LogP contribution is -2.18. The Hall–Kier alpha value is -3.30. The molecular formula is C21H12F8O2. The van der Waals surface area contributed by atoms with Crippen LogP contribution in [0, 0.1) is 0 Å². The number of hydrogen-bond acceptors (Lipinski definition) is 2. The molecule has 0 saturated carbocycles. The van der Waals surface area contributed by atoms with Crippen LogP contribution in [-0.4, -0.2) is 13.0 Å². The second kappa shape index (κ2) is 8.44. The zero-order valence-corrected chi connectivity index (χ0v) is 15.3. The standard InChI is InChI=1S/C21H12F8O2/c22-19(23)30-16-5-2-6-17(31-21(27,28)29)18(16)14-4-1-3-13(11-14)12-7-9-15(10-8-12)20(24,25)26/h1-11,19H. The Morgan fingerprint density at radius 3 is 1.81 bits per heavy atom. The summed E-state index contributed by atoms with van der Waals surface area (Å²) in [4.78, 5) is 0. The van der Waals surface area contributed by atoms with Crippen molar-refractivity contribution in [2.24, 2.45) is 0 Å². The molecule has 2 nitrogen and oxygen atoms in total. The minimum atomic E-state index is -5.09. The van der Waals surface area contributed by atoms with Gasteiger partial charge in [-0.1, -0.05) is 36.4 Å². The fourth-order valence-corrected chi connectivity index (χ4v) is 2.91. The molecule has 0 fully saturated rings. The van der Waals surface area contributed by atoms with Crippen LogP contribution in [0.2, 0.25) is 0 Å². The molecule has 0 heterocycles. The van der Waals surface area contributed by atoms with Crippen molar-refractivity contribution in [3.05, 3.63) is 72.3 Å². The lowest BCUT2D eigenvalue weighted by molar-refractivity contribution is -0.274. The molecule has 164 valence electrons. The number of ether oxygens (including phenoxy) is 2. The largest absolute Gasteiger partial charge is 0.573 e. The molecule has 0 bridgehead atoms. The van der Waals surface area contributed by atoms with E-state index in [1.54, 1.807) is 0 Å². The normalized spacial score (nSPS) is 12.2. The van der Waals surface area contributed by atoms with Gasteiger partial charge in [0.15, 0.2) is 0 Å². The van der Waals surface area contributed by atoms with E-state index in [2.05, 4.69) is 9.47 Å². The summed E-state index contributed by atoms with van der Waals surface area (Å²) in [6.07, 6.45) is -9.63. The molecule has 0 aromatic heterocycles. The fourth-order valence-electron chi connectivity index (χ4n) is 2.91. The highest BCUT2D eigenvalue weighted by molar-refractivity contribution is 5.80. The van der Waals surface area contributed by atoms with E-state index in [-0.39, 0.29) is 11.1 Å². The van der Waals surface area contributed by atoms with Crippen molar-refractivity contribution < 1.29 is 44.6 Å². The van der Waals surface area contributed by atoms with Crippen molar-refractivity contribution in [3.8, 4) is 33.8 Å². The molecule has 3 aromatic carbocycles. The van der Waals surface area contributed by atoms with Gasteiger partial charge in [-0.25, -0.2) is 0 Å². The van der Waals surface area contributed by atoms with Crippen LogP contribution >= 0.6 is 0 Å². The van der Waals surface area contributed by atoms with Gasteiger partial charge in [0.25, 0.3) is 0 Å². The molecule has 3 rings (SSSR count). The Kier molecular flexibility index (Phi) is 6.10. The van der Waals surface area contributed by atoms with Gasteiger partial charge in [-0.3, -0.25) is 0 Å². The van der Waals surface area contributed by atoms with Crippen LogP contribution in [0.3, 0.4) is 0 Å². The molecule has 10 heteroatoms. The molecule has 0 N–H and O–H groups in total. The van der Waals surface area contributed by atoms with Crippen LogP contribution < -0.4 is 9.47 Å². The van der Waals surface area contributed by atoms with E-state index in [9.17, 15) is 35.1 Å². The minimum absolute atomic E-state index is 0.0351. The first-order valence-electron chi connectivity index (χ1n) is 8.56. The maximum absolute atomic E-state index is 12.8. The first-order chi connectivity index (χ1) is 14.4. The topological polar surface area (TPSA) is 18.5 Å². The molecule has 0 amide bonds. The number of hydrogen-bond donors (Lipinski definition) is 0. The summed E-state index contributed by atoms with van der Waals surface area (Å²) in [5, 5.41) is 0. The average Bonchev–Trinajstić information content (AvgIpc) is 2.66. The van der Waals surface area contributed by atoms with Gasteiger partial charge < -0.3 is 9.47 Å². The van der Waals surface area contributed by atoms with Gasteiger partial charge in [0.05, 0.1) is 11.1 Å². The van der Waals surface area contributed by atoms with Gasteiger partial charge >= 0.3 is 19.2 Å². The highest BCUT2D eigenvalue weighted by atomic mass is 19.4. The quantitative estimate of drug-likeness (QED) is 0.376. The summed E-state index contributed by atoms with van der Waals surface area (Å²) >= 11 is 0. The molecule has 0 aliphatic rings. The van der Waals surface area contributed by atoms with Gasteiger partial charge in [0.2, 0.25) is 0 Å². The van der Waals surface area contributed by atoms with Crippen molar-refractivity contribution in [1.82, 2.24) is 0 Å². The number of benzene rings is 3. The van der Waals surface area contributed by atoms with E-state index in [4.69, 9.17) is 0 Å². The van der Waals surface area contributed by atoms with Crippen molar-refractivity contribution >= 4 is 0 Å². The van der Waals surface area contributed by atoms with Gasteiger partial charge in [-0.15, -0.1) is 13.2 Å². The van der Waals surface area contributed by atoms with Crippen LogP contribution in [0.15, 0.2) is 66.7 Å². The molecule has 0 spiro atoms. The Morgan fingerprint density at radius 2 is 1.23 bits per heavy atom. The van der Waals surface area contributed by atoms with E-state index in [0.717, 1.165) is 30.3 Å². The van der Waals surface area contributed by atoms with Gasteiger partial charge in [-0.2, -0.15) is 22.0 Å². The third-order valence-electron chi connectivity index (χ3n) is 4.13. The average molecular weight is 448 g/mol. The SMILES string of the molecule is FC(F)Oc1cccc(OC(F)(F)F)c1-c1cccc(-c2ccc(C(F)(F)F)cc2)c1. The van der Waals surface area contributed by atoms with Crippen molar-refractivity contribution in [1.29, 1.82) is 0 Å². The smallest absolute Gasteiger partial charge is 0.434 e. The lowest BCUT2D eigenvalue weighted by Gasteiger charge is -2.17. The molecule has 3 aromatic rings. The van der Waals surface area contributed by atoms with Crippen LogP contribution in [0.25, 0.3) is 22.3 Å². The monoisotopic (exact) mass is 448 g/mol. The van der Waals surface area contributed by atoms with Crippen LogP contribution in [0.4, 0.5) is 35.1 Å². The number of rotatable bonds is 5. The zero-order valence-electron chi connectivity index (χ0n) is 15.3. The summed E-state index contributed by atoms with van der Waals surface area (Å²) in [6, 6.07) is 12.7. The first kappa shape index (κ1) is 22.4. The fraction of sp³-hybridized carbons (Fsp3) is 0.143. The van der Waals surface area contributed by atoms with E-state index in [1.165, 1.54) is 36.4 Å².